The predicted molar refractivity (Wildman–Crippen MR) is 78.2 cm³/mol. The third-order valence-electron chi connectivity index (χ3n) is 2.79. The molecular weight excluding hydrogens is 242 g/mol. The Morgan fingerprint density at radius 2 is 1.68 bits per heavy atom. The Morgan fingerprint density at radius 3 is 2.11 bits per heavy atom. The molecule has 1 unspecified atom stereocenters. The van der Waals surface area contributed by atoms with Gasteiger partial charge in [-0.25, -0.2) is 0 Å². The molecule has 0 radical (unpaired) electrons. The van der Waals surface area contributed by atoms with Crippen molar-refractivity contribution in [1.82, 2.24) is 4.90 Å². The van der Waals surface area contributed by atoms with E-state index in [1.807, 2.05) is 31.7 Å². The lowest BCUT2D eigenvalue weighted by molar-refractivity contribution is -0.133. The van der Waals surface area contributed by atoms with Crippen LogP contribution in [0.1, 0.15) is 34.1 Å². The second-order valence-electron chi connectivity index (χ2n) is 4.48. The average molecular weight is 271 g/mol. The lowest BCUT2D eigenvalue weighted by Gasteiger charge is -2.23. The molecule has 112 valence electrons. The SMILES string of the molecule is C/C=C/C(C)CC(=O)N(CCOCC)CCOCC. The van der Waals surface area contributed by atoms with E-state index in [0.717, 1.165) is 0 Å². The van der Waals surface area contributed by atoms with Crippen molar-refractivity contribution in [2.45, 2.75) is 34.1 Å². The minimum Gasteiger partial charge on any atom is -0.380 e. The van der Waals surface area contributed by atoms with E-state index in [0.29, 0.717) is 45.9 Å². The summed E-state index contributed by atoms with van der Waals surface area (Å²) >= 11 is 0. The van der Waals surface area contributed by atoms with Crippen LogP contribution >= 0.6 is 0 Å². The van der Waals surface area contributed by atoms with E-state index in [1.54, 1.807) is 0 Å². The van der Waals surface area contributed by atoms with Crippen LogP contribution in [0.5, 0.6) is 0 Å². The highest BCUT2D eigenvalue weighted by molar-refractivity contribution is 5.76. The maximum absolute atomic E-state index is 12.2. The quantitative estimate of drug-likeness (QED) is 0.428. The van der Waals surface area contributed by atoms with Gasteiger partial charge in [-0.15, -0.1) is 0 Å². The molecule has 0 N–H and O–H groups in total. The Labute approximate surface area is 117 Å². The van der Waals surface area contributed by atoms with Gasteiger partial charge in [0.15, 0.2) is 0 Å². The molecule has 0 aromatic carbocycles. The summed E-state index contributed by atoms with van der Waals surface area (Å²) in [6, 6.07) is 0. The van der Waals surface area contributed by atoms with Gasteiger partial charge in [-0.3, -0.25) is 4.79 Å². The van der Waals surface area contributed by atoms with Gasteiger partial charge in [-0.05, 0) is 26.7 Å². The van der Waals surface area contributed by atoms with Crippen LogP contribution in [0.15, 0.2) is 12.2 Å². The van der Waals surface area contributed by atoms with E-state index in [9.17, 15) is 4.79 Å². The number of rotatable bonds is 11. The Balaban J connectivity index is 4.22. The van der Waals surface area contributed by atoms with Crippen LogP contribution < -0.4 is 0 Å². The van der Waals surface area contributed by atoms with Gasteiger partial charge in [0.05, 0.1) is 13.2 Å². The Bertz CT molecular complexity index is 244. The molecule has 0 aliphatic rings. The van der Waals surface area contributed by atoms with Gasteiger partial charge in [0.25, 0.3) is 0 Å². The number of allylic oxidation sites excluding steroid dienone is 2. The monoisotopic (exact) mass is 271 g/mol. The summed E-state index contributed by atoms with van der Waals surface area (Å²) in [5, 5.41) is 0. The molecule has 0 heterocycles. The molecule has 0 rings (SSSR count). The van der Waals surface area contributed by atoms with Crippen LogP contribution in [0.4, 0.5) is 0 Å². The van der Waals surface area contributed by atoms with Gasteiger partial charge in [-0.1, -0.05) is 19.1 Å². The maximum Gasteiger partial charge on any atom is 0.223 e. The van der Waals surface area contributed by atoms with Gasteiger partial charge in [0.1, 0.15) is 0 Å². The van der Waals surface area contributed by atoms with Crippen molar-refractivity contribution in [3.05, 3.63) is 12.2 Å². The number of amides is 1. The van der Waals surface area contributed by atoms with Crippen LogP contribution in [-0.2, 0) is 14.3 Å². The first-order valence-corrected chi connectivity index (χ1v) is 7.21. The van der Waals surface area contributed by atoms with Crippen LogP contribution in [0.2, 0.25) is 0 Å². The van der Waals surface area contributed by atoms with Crippen LogP contribution in [0.3, 0.4) is 0 Å². The summed E-state index contributed by atoms with van der Waals surface area (Å²) in [4.78, 5) is 14.0. The number of carbonyl (C=O) groups excluding carboxylic acids is 1. The molecule has 0 aromatic heterocycles. The number of ether oxygens (including phenoxy) is 2. The smallest absolute Gasteiger partial charge is 0.223 e. The standard InChI is InChI=1S/C15H29NO3/c1-5-8-14(4)13-15(17)16(9-11-18-6-2)10-12-19-7-3/h5,8,14H,6-7,9-13H2,1-4H3/b8-5+. The molecule has 0 bridgehead atoms. The van der Waals surface area contributed by atoms with Gasteiger partial charge in [-0.2, -0.15) is 0 Å². The molecule has 0 saturated heterocycles. The summed E-state index contributed by atoms with van der Waals surface area (Å²) in [6.45, 7) is 11.8. The van der Waals surface area contributed by atoms with Crippen LogP contribution in [-0.4, -0.2) is 50.3 Å². The van der Waals surface area contributed by atoms with E-state index in [2.05, 4.69) is 13.0 Å². The second kappa shape index (κ2) is 12.2. The summed E-state index contributed by atoms with van der Waals surface area (Å²) in [6.07, 6.45) is 4.59. The predicted octanol–water partition coefficient (Wildman–Crippen LogP) is 2.49. The first kappa shape index (κ1) is 18.1. The minimum absolute atomic E-state index is 0.171. The number of hydrogen-bond donors (Lipinski definition) is 0. The highest BCUT2D eigenvalue weighted by Gasteiger charge is 2.15. The van der Waals surface area contributed by atoms with Crippen molar-refractivity contribution in [3.8, 4) is 0 Å². The second-order valence-corrected chi connectivity index (χ2v) is 4.48. The Kier molecular flexibility index (Phi) is 11.6. The molecule has 0 spiro atoms. The molecular formula is C15H29NO3. The summed E-state index contributed by atoms with van der Waals surface area (Å²) in [5.41, 5.74) is 0. The van der Waals surface area contributed by atoms with Crippen molar-refractivity contribution >= 4 is 5.91 Å². The first-order chi connectivity index (χ1) is 9.15. The first-order valence-electron chi connectivity index (χ1n) is 7.21. The van der Waals surface area contributed by atoms with Crippen LogP contribution in [0.25, 0.3) is 0 Å². The normalized spacial score (nSPS) is 12.8. The van der Waals surface area contributed by atoms with Crippen molar-refractivity contribution in [2.75, 3.05) is 39.5 Å². The average Bonchev–Trinajstić information content (AvgIpc) is 2.37. The highest BCUT2D eigenvalue weighted by Crippen LogP contribution is 2.07. The van der Waals surface area contributed by atoms with Gasteiger partial charge >= 0.3 is 0 Å². The topological polar surface area (TPSA) is 38.8 Å². The molecule has 0 saturated carbocycles. The molecule has 0 aromatic rings. The van der Waals surface area contributed by atoms with E-state index in [1.165, 1.54) is 0 Å². The fraction of sp³-hybridized carbons (Fsp3) is 0.800. The molecule has 19 heavy (non-hydrogen) atoms. The van der Waals surface area contributed by atoms with E-state index in [4.69, 9.17) is 9.47 Å². The minimum atomic E-state index is 0.171. The largest absolute Gasteiger partial charge is 0.380 e. The molecule has 0 fully saturated rings. The molecule has 1 atom stereocenters. The van der Waals surface area contributed by atoms with E-state index in [-0.39, 0.29) is 11.8 Å². The molecule has 1 amide bonds. The van der Waals surface area contributed by atoms with E-state index >= 15 is 0 Å². The molecule has 0 aliphatic heterocycles. The van der Waals surface area contributed by atoms with Crippen molar-refractivity contribution in [1.29, 1.82) is 0 Å². The van der Waals surface area contributed by atoms with Crippen molar-refractivity contribution in [3.63, 3.8) is 0 Å². The van der Waals surface area contributed by atoms with Crippen molar-refractivity contribution in [2.24, 2.45) is 5.92 Å². The summed E-state index contributed by atoms with van der Waals surface area (Å²) in [7, 11) is 0. The molecule has 4 heteroatoms. The highest BCUT2D eigenvalue weighted by atomic mass is 16.5. The summed E-state index contributed by atoms with van der Waals surface area (Å²) < 4.78 is 10.6. The van der Waals surface area contributed by atoms with Gasteiger partial charge in [0.2, 0.25) is 5.91 Å². The number of hydrogen-bond acceptors (Lipinski definition) is 3. The number of nitrogens with zero attached hydrogens (tertiary/aromatic N) is 1. The zero-order valence-corrected chi connectivity index (χ0v) is 12.9. The Morgan fingerprint density at radius 1 is 1.16 bits per heavy atom. The number of carbonyl (C=O) groups is 1. The third-order valence-corrected chi connectivity index (χ3v) is 2.79. The van der Waals surface area contributed by atoms with Crippen LogP contribution in [0, 0.1) is 5.92 Å². The lowest BCUT2D eigenvalue weighted by atomic mass is 10.1. The zero-order valence-electron chi connectivity index (χ0n) is 12.9. The third kappa shape index (κ3) is 9.68. The van der Waals surface area contributed by atoms with Crippen molar-refractivity contribution < 1.29 is 14.3 Å². The Hall–Kier alpha value is -0.870. The maximum atomic E-state index is 12.2. The lowest BCUT2D eigenvalue weighted by Crippen LogP contribution is -2.37. The molecule has 4 nitrogen and oxygen atoms in total. The fourth-order valence-corrected chi connectivity index (χ4v) is 1.80. The van der Waals surface area contributed by atoms with Gasteiger partial charge in [0, 0.05) is 32.7 Å². The van der Waals surface area contributed by atoms with E-state index < -0.39 is 0 Å². The zero-order chi connectivity index (χ0) is 14.5. The fourth-order valence-electron chi connectivity index (χ4n) is 1.80. The van der Waals surface area contributed by atoms with Gasteiger partial charge < -0.3 is 14.4 Å². The summed E-state index contributed by atoms with van der Waals surface area (Å²) in [5.74, 6) is 0.448. The molecule has 0 aliphatic carbocycles.